The maximum Gasteiger partial charge on any atom is 0.306 e. The molecule has 0 N–H and O–H groups in total. The van der Waals surface area contributed by atoms with Crippen LogP contribution in [0.4, 0.5) is 0 Å². The molecule has 168 valence electrons. The Balaban J connectivity index is 1.50. The third-order valence-corrected chi connectivity index (χ3v) is 12.1. The molecule has 1 aliphatic heterocycles. The molecule has 0 aromatic heterocycles. The Morgan fingerprint density at radius 2 is 1.40 bits per heavy atom. The largest absolute Gasteiger partial charge is 0.459 e. The molecule has 4 aliphatic carbocycles. The minimum absolute atomic E-state index is 0.00752. The minimum atomic E-state index is -0.247. The van der Waals surface area contributed by atoms with E-state index >= 15 is 0 Å². The number of hydrogen-bond donors (Lipinski definition) is 0. The molecule has 3 nitrogen and oxygen atoms in total. The normalized spacial score (nSPS) is 54.9. The smallest absolute Gasteiger partial charge is 0.306 e. The second-order valence-corrected chi connectivity index (χ2v) is 13.2. The third kappa shape index (κ3) is 2.39. The van der Waals surface area contributed by atoms with Crippen molar-refractivity contribution in [1.29, 1.82) is 0 Å². The van der Waals surface area contributed by atoms with Gasteiger partial charge in [-0.3, -0.25) is 9.59 Å². The molecule has 1 saturated heterocycles. The lowest BCUT2D eigenvalue weighted by Gasteiger charge is -2.69. The average molecular weight is 415 g/mol. The van der Waals surface area contributed by atoms with Crippen LogP contribution in [0.25, 0.3) is 0 Å². The average Bonchev–Trinajstić information content (AvgIpc) is 3.20. The number of rotatable bonds is 1. The molecular weight excluding hydrogens is 372 g/mol. The lowest BCUT2D eigenvalue weighted by molar-refractivity contribution is -0.207. The standard InChI is InChI=1S/C27H42O3/c1-23(2)19-10-15-26(5)20(24(19,3)13-11-21(23)28)8-7-17-18(9-14-25(17,26)4)27(6)16-12-22(29)30-27/h17-20H,7-16H2,1-6H3/t17-,18+,19+,20-,24+,25-,26-,27+/m1/s1. The van der Waals surface area contributed by atoms with Crippen molar-refractivity contribution in [2.45, 2.75) is 111 Å². The zero-order valence-electron chi connectivity index (χ0n) is 20.1. The number of fused-ring (bicyclic) bond motifs is 5. The molecule has 1 heterocycles. The second-order valence-electron chi connectivity index (χ2n) is 13.2. The molecule has 0 aromatic rings. The molecule has 0 bridgehead atoms. The molecular formula is C27H42O3. The Hall–Kier alpha value is -0.860. The highest BCUT2D eigenvalue weighted by Crippen LogP contribution is 2.75. The van der Waals surface area contributed by atoms with Crippen LogP contribution in [0.2, 0.25) is 0 Å². The Kier molecular flexibility index (Phi) is 4.29. The van der Waals surface area contributed by atoms with Crippen molar-refractivity contribution in [2.75, 3.05) is 0 Å². The van der Waals surface area contributed by atoms with Crippen LogP contribution < -0.4 is 0 Å². The van der Waals surface area contributed by atoms with Gasteiger partial charge >= 0.3 is 5.97 Å². The van der Waals surface area contributed by atoms with Crippen molar-refractivity contribution in [3.63, 3.8) is 0 Å². The molecule has 3 heteroatoms. The van der Waals surface area contributed by atoms with Crippen molar-refractivity contribution >= 4 is 11.8 Å². The summed E-state index contributed by atoms with van der Waals surface area (Å²) in [6, 6.07) is 0. The maximum absolute atomic E-state index is 12.8. The number of cyclic esters (lactones) is 1. The first kappa shape index (κ1) is 21.0. The van der Waals surface area contributed by atoms with Crippen LogP contribution in [-0.2, 0) is 14.3 Å². The Morgan fingerprint density at radius 1 is 0.700 bits per heavy atom. The summed E-state index contributed by atoms with van der Waals surface area (Å²) < 4.78 is 5.96. The Morgan fingerprint density at radius 3 is 2.07 bits per heavy atom. The van der Waals surface area contributed by atoms with Crippen molar-refractivity contribution in [3.8, 4) is 0 Å². The van der Waals surface area contributed by atoms with Gasteiger partial charge in [-0.1, -0.05) is 34.6 Å². The van der Waals surface area contributed by atoms with Gasteiger partial charge in [0.2, 0.25) is 0 Å². The lowest BCUT2D eigenvalue weighted by atomic mass is 9.35. The summed E-state index contributed by atoms with van der Waals surface area (Å²) >= 11 is 0. The molecule has 30 heavy (non-hydrogen) atoms. The quantitative estimate of drug-likeness (QED) is 0.470. The third-order valence-electron chi connectivity index (χ3n) is 12.1. The van der Waals surface area contributed by atoms with E-state index in [2.05, 4.69) is 41.5 Å². The molecule has 0 radical (unpaired) electrons. The summed E-state index contributed by atoms with van der Waals surface area (Å²) in [5.74, 6) is 2.90. The molecule has 4 saturated carbocycles. The molecule has 5 rings (SSSR count). The first-order valence-electron chi connectivity index (χ1n) is 12.6. The van der Waals surface area contributed by atoms with Crippen LogP contribution in [-0.4, -0.2) is 17.4 Å². The fraction of sp³-hybridized carbons (Fsp3) is 0.926. The highest BCUT2D eigenvalue weighted by molar-refractivity contribution is 5.85. The van der Waals surface area contributed by atoms with Crippen LogP contribution in [0.3, 0.4) is 0 Å². The Labute approximate surface area is 183 Å². The molecule has 0 unspecified atom stereocenters. The first-order valence-corrected chi connectivity index (χ1v) is 12.6. The Bertz CT molecular complexity index is 785. The number of hydrogen-bond acceptors (Lipinski definition) is 3. The van der Waals surface area contributed by atoms with Gasteiger partial charge in [-0.25, -0.2) is 0 Å². The van der Waals surface area contributed by atoms with Gasteiger partial charge in [-0.15, -0.1) is 0 Å². The lowest BCUT2D eigenvalue weighted by Crippen LogP contribution is -2.63. The van der Waals surface area contributed by atoms with Crippen LogP contribution in [0.15, 0.2) is 0 Å². The van der Waals surface area contributed by atoms with Crippen LogP contribution in [0, 0.1) is 45.3 Å². The van der Waals surface area contributed by atoms with Gasteiger partial charge in [0.25, 0.3) is 0 Å². The van der Waals surface area contributed by atoms with E-state index in [1.165, 1.54) is 38.5 Å². The predicted molar refractivity (Wildman–Crippen MR) is 118 cm³/mol. The van der Waals surface area contributed by atoms with E-state index in [-0.39, 0.29) is 22.4 Å². The van der Waals surface area contributed by atoms with E-state index in [4.69, 9.17) is 4.74 Å². The van der Waals surface area contributed by atoms with E-state index in [1.54, 1.807) is 0 Å². The fourth-order valence-electron chi connectivity index (χ4n) is 10.2. The fourth-order valence-corrected chi connectivity index (χ4v) is 10.2. The number of Topliss-reactive ketones (excluding diaryl/α,β-unsaturated/α-hetero) is 1. The van der Waals surface area contributed by atoms with Gasteiger partial charge in [-0.05, 0) is 92.3 Å². The van der Waals surface area contributed by atoms with Gasteiger partial charge < -0.3 is 4.74 Å². The topological polar surface area (TPSA) is 43.4 Å². The van der Waals surface area contributed by atoms with Gasteiger partial charge in [0.1, 0.15) is 11.4 Å². The molecule has 5 fully saturated rings. The van der Waals surface area contributed by atoms with Crippen LogP contribution in [0.5, 0.6) is 0 Å². The van der Waals surface area contributed by atoms with Crippen molar-refractivity contribution in [1.82, 2.24) is 0 Å². The maximum atomic E-state index is 12.8. The number of carbonyl (C=O) groups excluding carboxylic acids is 2. The van der Waals surface area contributed by atoms with E-state index < -0.39 is 0 Å². The van der Waals surface area contributed by atoms with Crippen molar-refractivity contribution in [3.05, 3.63) is 0 Å². The second kappa shape index (κ2) is 6.13. The highest BCUT2D eigenvalue weighted by Gasteiger charge is 2.70. The summed E-state index contributed by atoms with van der Waals surface area (Å²) in [6.45, 7) is 14.4. The van der Waals surface area contributed by atoms with E-state index in [1.807, 2.05) is 0 Å². The summed E-state index contributed by atoms with van der Waals surface area (Å²) in [5, 5.41) is 0. The molecule has 0 aromatic carbocycles. The van der Waals surface area contributed by atoms with Gasteiger partial charge in [0, 0.05) is 24.2 Å². The van der Waals surface area contributed by atoms with Gasteiger partial charge in [-0.2, -0.15) is 0 Å². The van der Waals surface area contributed by atoms with E-state index in [9.17, 15) is 9.59 Å². The van der Waals surface area contributed by atoms with E-state index in [0.29, 0.717) is 46.7 Å². The molecule has 0 amide bonds. The monoisotopic (exact) mass is 414 g/mol. The molecule has 5 aliphatic rings. The van der Waals surface area contributed by atoms with Crippen LogP contribution >= 0.6 is 0 Å². The summed E-state index contributed by atoms with van der Waals surface area (Å²) in [4.78, 5) is 24.8. The number of esters is 1. The zero-order valence-corrected chi connectivity index (χ0v) is 20.1. The molecule has 0 spiro atoms. The number of ketones is 1. The summed E-state index contributed by atoms with van der Waals surface area (Å²) in [6.07, 6.45) is 10.8. The minimum Gasteiger partial charge on any atom is -0.459 e. The SMILES string of the molecule is CC1(C)C(=O)CC[C@]2(C)[C@H]3CC[C@@H]4[C@@H]([C@]5(C)CCC(=O)O5)CC[C@@]4(C)[C@]3(C)CC[C@@H]12. The van der Waals surface area contributed by atoms with Gasteiger partial charge in [0.05, 0.1) is 0 Å². The van der Waals surface area contributed by atoms with Crippen molar-refractivity contribution < 1.29 is 14.3 Å². The summed E-state index contributed by atoms with van der Waals surface area (Å²) in [5.41, 5.74) is 0.503. The first-order chi connectivity index (χ1) is 13.9. The number of ether oxygens (including phenoxy) is 1. The highest BCUT2D eigenvalue weighted by atomic mass is 16.6. The number of carbonyl (C=O) groups is 2. The predicted octanol–water partition coefficient (Wildman–Crippen LogP) is 6.34. The summed E-state index contributed by atoms with van der Waals surface area (Å²) in [7, 11) is 0. The van der Waals surface area contributed by atoms with Crippen LogP contribution in [0.1, 0.15) is 106 Å². The zero-order chi connectivity index (χ0) is 21.7. The van der Waals surface area contributed by atoms with Gasteiger partial charge in [0.15, 0.2) is 0 Å². The van der Waals surface area contributed by atoms with E-state index in [0.717, 1.165) is 19.3 Å². The van der Waals surface area contributed by atoms with Crippen molar-refractivity contribution in [2.24, 2.45) is 45.3 Å². The molecule has 8 atom stereocenters.